The normalized spacial score (nSPS) is 12.4. The van der Waals surface area contributed by atoms with Gasteiger partial charge in [0.2, 0.25) is 0 Å². The Balaban J connectivity index is 2.18. The molecule has 0 aromatic heterocycles. The predicted octanol–water partition coefficient (Wildman–Crippen LogP) is 4.57. The van der Waals surface area contributed by atoms with E-state index in [1.807, 2.05) is 24.2 Å². The highest BCUT2D eigenvalue weighted by molar-refractivity contribution is 5.93. The summed E-state index contributed by atoms with van der Waals surface area (Å²) in [6.07, 6.45) is -4.60. The highest BCUT2D eigenvalue weighted by atomic mass is 19.4. The summed E-state index contributed by atoms with van der Waals surface area (Å²) in [5.74, 6) is 0. The molecule has 0 saturated heterocycles. The molecule has 0 aliphatic carbocycles. The number of urea groups is 1. The lowest BCUT2D eigenvalue weighted by molar-refractivity contribution is -0.154. The molecule has 1 unspecified atom stereocenters. The number of nitrogens with one attached hydrogen (secondary N) is 2. The van der Waals surface area contributed by atoms with Crippen LogP contribution < -0.4 is 15.5 Å². The fraction of sp³-hybridized carbons (Fsp3) is 0.278. The van der Waals surface area contributed by atoms with Gasteiger partial charge in [0.25, 0.3) is 0 Å². The number of benzene rings is 2. The zero-order valence-corrected chi connectivity index (χ0v) is 14.0. The minimum absolute atomic E-state index is 0.0240. The van der Waals surface area contributed by atoms with E-state index in [1.54, 1.807) is 30.3 Å². The van der Waals surface area contributed by atoms with Crippen LogP contribution in [0.25, 0.3) is 0 Å². The van der Waals surface area contributed by atoms with Gasteiger partial charge in [-0.1, -0.05) is 42.5 Å². The van der Waals surface area contributed by atoms with Crippen molar-refractivity contribution in [2.24, 2.45) is 0 Å². The van der Waals surface area contributed by atoms with Gasteiger partial charge in [0, 0.05) is 13.6 Å². The fourth-order valence-corrected chi connectivity index (χ4v) is 2.37. The topological polar surface area (TPSA) is 44.4 Å². The first-order valence-electron chi connectivity index (χ1n) is 7.82. The molecule has 1 atom stereocenters. The summed E-state index contributed by atoms with van der Waals surface area (Å²) >= 11 is 0. The zero-order valence-electron chi connectivity index (χ0n) is 14.0. The zero-order chi connectivity index (χ0) is 18.4. The largest absolute Gasteiger partial charge is 0.412 e. The molecule has 2 amide bonds. The first-order valence-corrected chi connectivity index (χ1v) is 7.82. The van der Waals surface area contributed by atoms with E-state index < -0.39 is 18.2 Å². The van der Waals surface area contributed by atoms with Gasteiger partial charge < -0.3 is 15.5 Å². The molecule has 4 nitrogen and oxygen atoms in total. The number of nitrogens with zero attached hydrogens (tertiary/aromatic N) is 1. The highest BCUT2D eigenvalue weighted by Gasteiger charge is 2.41. The molecule has 0 aliphatic rings. The van der Waals surface area contributed by atoms with Crippen LogP contribution in [0.15, 0.2) is 54.6 Å². The van der Waals surface area contributed by atoms with Crippen LogP contribution in [0.2, 0.25) is 0 Å². The van der Waals surface area contributed by atoms with Crippen LogP contribution in [0.1, 0.15) is 18.5 Å². The molecule has 2 aromatic rings. The smallest absolute Gasteiger partial charge is 0.373 e. The maximum Gasteiger partial charge on any atom is 0.412 e. The molecule has 0 saturated carbocycles. The van der Waals surface area contributed by atoms with Crippen molar-refractivity contribution in [3.8, 4) is 0 Å². The van der Waals surface area contributed by atoms with Gasteiger partial charge in [-0.3, -0.25) is 0 Å². The van der Waals surface area contributed by atoms with E-state index in [-0.39, 0.29) is 5.56 Å². The fourth-order valence-electron chi connectivity index (χ4n) is 2.37. The Bertz CT molecular complexity index is 704. The number of amides is 2. The molecule has 0 aliphatic heterocycles. The summed E-state index contributed by atoms with van der Waals surface area (Å²) in [7, 11) is 1.83. The van der Waals surface area contributed by atoms with Crippen molar-refractivity contribution in [2.75, 3.05) is 23.8 Å². The molecule has 2 rings (SSSR count). The van der Waals surface area contributed by atoms with Crippen molar-refractivity contribution < 1.29 is 18.0 Å². The van der Waals surface area contributed by atoms with Gasteiger partial charge in [-0.05, 0) is 24.6 Å². The van der Waals surface area contributed by atoms with Crippen LogP contribution in [0.3, 0.4) is 0 Å². The van der Waals surface area contributed by atoms with Crippen molar-refractivity contribution >= 4 is 17.4 Å². The number of halogens is 3. The van der Waals surface area contributed by atoms with Gasteiger partial charge in [-0.15, -0.1) is 0 Å². The van der Waals surface area contributed by atoms with E-state index in [0.717, 1.165) is 5.69 Å². The van der Waals surface area contributed by atoms with Gasteiger partial charge in [-0.25, -0.2) is 4.79 Å². The van der Waals surface area contributed by atoms with Crippen LogP contribution >= 0.6 is 0 Å². The monoisotopic (exact) mass is 351 g/mol. The summed E-state index contributed by atoms with van der Waals surface area (Å²) in [5.41, 5.74) is 1.14. The Labute approximate surface area is 144 Å². The molecule has 134 valence electrons. The SMILES string of the molecule is CCN(C)c1ccccc1NC(=O)NC(c1ccccc1)C(F)(F)F. The second-order valence-electron chi connectivity index (χ2n) is 5.52. The second-order valence-corrected chi connectivity index (χ2v) is 5.52. The average molecular weight is 351 g/mol. The number of para-hydroxylation sites is 2. The van der Waals surface area contributed by atoms with Crippen LogP contribution in [-0.2, 0) is 0 Å². The third-order valence-corrected chi connectivity index (χ3v) is 3.77. The number of alkyl halides is 3. The van der Waals surface area contributed by atoms with Gasteiger partial charge in [0.15, 0.2) is 6.04 Å². The molecule has 0 fully saturated rings. The van der Waals surface area contributed by atoms with Gasteiger partial charge in [0.1, 0.15) is 0 Å². The van der Waals surface area contributed by atoms with Crippen molar-refractivity contribution in [1.82, 2.24) is 5.32 Å². The summed E-state index contributed by atoms with van der Waals surface area (Å²) in [4.78, 5) is 14.0. The molecule has 0 spiro atoms. The van der Waals surface area contributed by atoms with Crippen molar-refractivity contribution in [1.29, 1.82) is 0 Å². The molecule has 7 heteroatoms. The van der Waals surface area contributed by atoms with Crippen LogP contribution in [-0.4, -0.2) is 25.8 Å². The van der Waals surface area contributed by atoms with Gasteiger partial charge >= 0.3 is 12.2 Å². The number of hydrogen-bond acceptors (Lipinski definition) is 2. The summed E-state index contributed by atoms with van der Waals surface area (Å²) in [5, 5.41) is 4.52. The van der Waals surface area contributed by atoms with E-state index >= 15 is 0 Å². The van der Waals surface area contributed by atoms with E-state index in [2.05, 4.69) is 5.32 Å². The lowest BCUT2D eigenvalue weighted by Gasteiger charge is -2.24. The van der Waals surface area contributed by atoms with E-state index in [4.69, 9.17) is 0 Å². The second kappa shape index (κ2) is 7.92. The van der Waals surface area contributed by atoms with Crippen molar-refractivity contribution in [3.05, 3.63) is 60.2 Å². The molecular weight excluding hydrogens is 331 g/mol. The van der Waals surface area contributed by atoms with Crippen LogP contribution in [0.4, 0.5) is 29.3 Å². The van der Waals surface area contributed by atoms with Crippen LogP contribution in [0, 0.1) is 0 Å². The Hall–Kier alpha value is -2.70. The Morgan fingerprint density at radius 3 is 2.28 bits per heavy atom. The maximum absolute atomic E-state index is 13.3. The Morgan fingerprint density at radius 1 is 1.08 bits per heavy atom. The quantitative estimate of drug-likeness (QED) is 0.829. The first kappa shape index (κ1) is 18.6. The van der Waals surface area contributed by atoms with Gasteiger partial charge in [0.05, 0.1) is 11.4 Å². The summed E-state index contributed by atoms with van der Waals surface area (Å²) < 4.78 is 39.9. The summed E-state index contributed by atoms with van der Waals surface area (Å²) in [6.45, 7) is 2.63. The Kier molecular flexibility index (Phi) is 5.90. The number of carbonyl (C=O) groups is 1. The molecule has 0 bridgehead atoms. The van der Waals surface area contributed by atoms with Gasteiger partial charge in [-0.2, -0.15) is 13.2 Å². The summed E-state index contributed by atoms with van der Waals surface area (Å²) in [6, 6.07) is 11.2. The minimum Gasteiger partial charge on any atom is -0.373 e. The lowest BCUT2D eigenvalue weighted by atomic mass is 10.1. The number of rotatable bonds is 5. The van der Waals surface area contributed by atoms with Crippen molar-refractivity contribution in [3.63, 3.8) is 0 Å². The number of anilines is 2. The highest BCUT2D eigenvalue weighted by Crippen LogP contribution is 2.33. The molecular formula is C18H20F3N3O. The van der Waals surface area contributed by atoms with E-state index in [9.17, 15) is 18.0 Å². The maximum atomic E-state index is 13.3. The lowest BCUT2D eigenvalue weighted by Crippen LogP contribution is -2.40. The third kappa shape index (κ3) is 4.89. The molecule has 0 radical (unpaired) electrons. The molecule has 2 N–H and O–H groups in total. The first-order chi connectivity index (χ1) is 11.8. The predicted molar refractivity (Wildman–Crippen MR) is 92.8 cm³/mol. The van der Waals surface area contributed by atoms with E-state index in [1.165, 1.54) is 24.3 Å². The average Bonchev–Trinajstić information content (AvgIpc) is 2.59. The molecule has 0 heterocycles. The van der Waals surface area contributed by atoms with Crippen molar-refractivity contribution in [2.45, 2.75) is 19.1 Å². The number of hydrogen-bond donors (Lipinski definition) is 2. The molecule has 2 aromatic carbocycles. The molecule has 25 heavy (non-hydrogen) atoms. The minimum atomic E-state index is -4.60. The third-order valence-electron chi connectivity index (χ3n) is 3.77. The van der Waals surface area contributed by atoms with Crippen LogP contribution in [0.5, 0.6) is 0 Å². The standard InChI is InChI=1S/C18H20F3N3O/c1-3-24(2)15-12-8-7-11-14(15)22-17(25)23-16(18(19,20)21)13-9-5-4-6-10-13/h4-12,16H,3H2,1-2H3,(H2,22,23,25). The Morgan fingerprint density at radius 2 is 1.68 bits per heavy atom. The number of carbonyl (C=O) groups excluding carboxylic acids is 1. The van der Waals surface area contributed by atoms with E-state index in [0.29, 0.717) is 12.2 Å².